The highest BCUT2D eigenvalue weighted by Crippen LogP contribution is 2.19. The molecule has 0 saturated carbocycles. The van der Waals surface area contributed by atoms with E-state index in [9.17, 15) is 5.11 Å². The first-order chi connectivity index (χ1) is 11.7. The van der Waals surface area contributed by atoms with Crippen LogP contribution in [0.25, 0.3) is 0 Å². The van der Waals surface area contributed by atoms with Crippen LogP contribution in [0.3, 0.4) is 0 Å². The van der Waals surface area contributed by atoms with Gasteiger partial charge in [-0.25, -0.2) is 0 Å². The predicted octanol–water partition coefficient (Wildman–Crippen LogP) is 4.88. The van der Waals surface area contributed by atoms with Gasteiger partial charge in [0.1, 0.15) is 0 Å². The van der Waals surface area contributed by atoms with E-state index in [0.717, 1.165) is 38.9 Å². The summed E-state index contributed by atoms with van der Waals surface area (Å²) in [6, 6.07) is 21.2. The second-order valence-corrected chi connectivity index (χ2v) is 6.67. The summed E-state index contributed by atoms with van der Waals surface area (Å²) in [7, 11) is 0. The Kier molecular flexibility index (Phi) is 8.00. The van der Waals surface area contributed by atoms with Crippen molar-refractivity contribution >= 4 is 0 Å². The van der Waals surface area contributed by atoms with Gasteiger partial charge in [-0.05, 0) is 29.9 Å². The molecule has 0 unspecified atom stereocenters. The van der Waals surface area contributed by atoms with E-state index in [1.807, 2.05) is 0 Å². The molecule has 2 nitrogen and oxygen atoms in total. The molecule has 0 fully saturated rings. The average molecular weight is 325 g/mol. The van der Waals surface area contributed by atoms with Crippen LogP contribution in [0, 0.1) is 5.92 Å². The van der Waals surface area contributed by atoms with Crippen molar-refractivity contribution in [3.05, 3.63) is 71.8 Å². The number of benzene rings is 2. The molecule has 0 aliphatic carbocycles. The van der Waals surface area contributed by atoms with Crippen molar-refractivity contribution in [2.24, 2.45) is 5.92 Å². The lowest BCUT2D eigenvalue weighted by atomic mass is 9.95. The Morgan fingerprint density at radius 1 is 0.833 bits per heavy atom. The molecule has 0 aliphatic rings. The van der Waals surface area contributed by atoms with Crippen molar-refractivity contribution in [1.82, 2.24) is 4.90 Å². The summed E-state index contributed by atoms with van der Waals surface area (Å²) in [5.74, 6) is 0.331. The average Bonchev–Trinajstić information content (AvgIpc) is 2.61. The highest BCUT2D eigenvalue weighted by Gasteiger charge is 2.20. The fourth-order valence-corrected chi connectivity index (χ4v) is 3.25. The number of hydrogen-bond donors (Lipinski definition) is 1. The van der Waals surface area contributed by atoms with Crippen molar-refractivity contribution in [2.75, 3.05) is 6.54 Å². The van der Waals surface area contributed by atoms with Crippen LogP contribution in [-0.4, -0.2) is 22.7 Å². The highest BCUT2D eigenvalue weighted by molar-refractivity contribution is 5.17. The number of nitrogens with zero attached hydrogens (tertiary/aromatic N) is 1. The molecule has 0 aromatic heterocycles. The lowest BCUT2D eigenvalue weighted by Gasteiger charge is -2.30. The molecule has 0 bridgehead atoms. The quantitative estimate of drug-likeness (QED) is 0.673. The Balaban J connectivity index is 2.09. The second kappa shape index (κ2) is 10.3. The Labute approximate surface area is 147 Å². The zero-order valence-corrected chi connectivity index (χ0v) is 15.1. The summed E-state index contributed by atoms with van der Waals surface area (Å²) in [5, 5.41) is 10.5. The van der Waals surface area contributed by atoms with Gasteiger partial charge in [-0.15, -0.1) is 0 Å². The SMILES string of the molecule is CCC[C@@H](O)[C@H](CC)CN(Cc1ccccc1)Cc1ccccc1. The van der Waals surface area contributed by atoms with E-state index in [1.165, 1.54) is 11.1 Å². The zero-order chi connectivity index (χ0) is 17.2. The van der Waals surface area contributed by atoms with E-state index < -0.39 is 0 Å². The summed E-state index contributed by atoms with van der Waals surface area (Å²) in [5.41, 5.74) is 2.65. The van der Waals surface area contributed by atoms with Crippen molar-refractivity contribution < 1.29 is 5.11 Å². The van der Waals surface area contributed by atoms with Gasteiger partial charge in [0.15, 0.2) is 0 Å². The minimum atomic E-state index is -0.200. The van der Waals surface area contributed by atoms with Crippen LogP contribution in [0.2, 0.25) is 0 Å². The van der Waals surface area contributed by atoms with Crippen LogP contribution in [0.4, 0.5) is 0 Å². The van der Waals surface area contributed by atoms with Gasteiger partial charge in [0.2, 0.25) is 0 Å². The minimum absolute atomic E-state index is 0.200. The first-order valence-corrected chi connectivity index (χ1v) is 9.21. The van der Waals surface area contributed by atoms with Gasteiger partial charge in [-0.3, -0.25) is 4.90 Å². The van der Waals surface area contributed by atoms with Gasteiger partial charge in [0.25, 0.3) is 0 Å². The Morgan fingerprint density at radius 3 is 1.75 bits per heavy atom. The number of aliphatic hydroxyl groups excluding tert-OH is 1. The number of hydrogen-bond acceptors (Lipinski definition) is 2. The van der Waals surface area contributed by atoms with Crippen molar-refractivity contribution in [2.45, 2.75) is 52.3 Å². The molecule has 1 N–H and O–H groups in total. The van der Waals surface area contributed by atoms with Gasteiger partial charge in [-0.2, -0.15) is 0 Å². The normalized spacial score (nSPS) is 13.8. The lowest BCUT2D eigenvalue weighted by molar-refractivity contribution is 0.0650. The lowest BCUT2D eigenvalue weighted by Crippen LogP contribution is -2.34. The first kappa shape index (κ1) is 18.7. The van der Waals surface area contributed by atoms with Gasteiger partial charge >= 0.3 is 0 Å². The van der Waals surface area contributed by atoms with Gasteiger partial charge in [0.05, 0.1) is 6.10 Å². The molecule has 24 heavy (non-hydrogen) atoms. The van der Waals surface area contributed by atoms with Crippen LogP contribution in [0.5, 0.6) is 0 Å². The van der Waals surface area contributed by atoms with E-state index in [2.05, 4.69) is 79.4 Å². The summed E-state index contributed by atoms with van der Waals surface area (Å²) < 4.78 is 0. The largest absolute Gasteiger partial charge is 0.393 e. The molecule has 0 spiro atoms. The molecule has 0 heterocycles. The zero-order valence-electron chi connectivity index (χ0n) is 15.1. The maximum atomic E-state index is 10.5. The van der Waals surface area contributed by atoms with Crippen LogP contribution in [-0.2, 0) is 13.1 Å². The molecule has 0 radical (unpaired) electrons. The second-order valence-electron chi connectivity index (χ2n) is 6.67. The highest BCUT2D eigenvalue weighted by atomic mass is 16.3. The third-order valence-electron chi connectivity index (χ3n) is 4.64. The van der Waals surface area contributed by atoms with E-state index in [4.69, 9.17) is 0 Å². The predicted molar refractivity (Wildman–Crippen MR) is 102 cm³/mol. The number of rotatable bonds is 10. The summed E-state index contributed by atoms with van der Waals surface area (Å²) in [4.78, 5) is 2.47. The fourth-order valence-electron chi connectivity index (χ4n) is 3.25. The Bertz CT molecular complexity index is 513. The maximum absolute atomic E-state index is 10.5. The van der Waals surface area contributed by atoms with Gasteiger partial charge < -0.3 is 5.11 Å². The molecule has 130 valence electrons. The van der Waals surface area contributed by atoms with Crippen LogP contribution < -0.4 is 0 Å². The summed E-state index contributed by atoms with van der Waals surface area (Å²) >= 11 is 0. The molecule has 2 heteroatoms. The van der Waals surface area contributed by atoms with E-state index >= 15 is 0 Å². The molecule has 0 amide bonds. The third kappa shape index (κ3) is 6.10. The van der Waals surface area contributed by atoms with Crippen LogP contribution >= 0.6 is 0 Å². The molecular weight excluding hydrogens is 294 g/mol. The number of aliphatic hydroxyl groups is 1. The fraction of sp³-hybridized carbons (Fsp3) is 0.455. The minimum Gasteiger partial charge on any atom is -0.393 e. The Hall–Kier alpha value is -1.64. The standard InChI is InChI=1S/C22H31NO/c1-3-11-22(24)21(4-2)18-23(16-19-12-7-5-8-13-19)17-20-14-9-6-10-15-20/h5-10,12-15,21-22,24H,3-4,11,16-18H2,1-2H3/t21-,22-/m1/s1. The van der Waals surface area contributed by atoms with Crippen molar-refractivity contribution in [1.29, 1.82) is 0 Å². The summed E-state index contributed by atoms with van der Waals surface area (Å²) in [6.45, 7) is 7.10. The molecule has 2 aromatic rings. The molecule has 2 atom stereocenters. The first-order valence-electron chi connectivity index (χ1n) is 9.21. The smallest absolute Gasteiger partial charge is 0.0580 e. The summed E-state index contributed by atoms with van der Waals surface area (Å²) in [6.07, 6.45) is 2.74. The monoisotopic (exact) mass is 325 g/mol. The maximum Gasteiger partial charge on any atom is 0.0580 e. The molecule has 2 rings (SSSR count). The van der Waals surface area contributed by atoms with Gasteiger partial charge in [-0.1, -0.05) is 80.9 Å². The molecule has 0 aliphatic heterocycles. The van der Waals surface area contributed by atoms with E-state index in [0.29, 0.717) is 5.92 Å². The van der Waals surface area contributed by atoms with E-state index in [-0.39, 0.29) is 6.10 Å². The molecule has 2 aromatic carbocycles. The van der Waals surface area contributed by atoms with Crippen LogP contribution in [0.15, 0.2) is 60.7 Å². The van der Waals surface area contributed by atoms with Crippen LogP contribution in [0.1, 0.15) is 44.2 Å². The Morgan fingerprint density at radius 2 is 1.33 bits per heavy atom. The van der Waals surface area contributed by atoms with Crippen molar-refractivity contribution in [3.63, 3.8) is 0 Å². The van der Waals surface area contributed by atoms with Gasteiger partial charge in [0, 0.05) is 19.6 Å². The van der Waals surface area contributed by atoms with Crippen molar-refractivity contribution in [3.8, 4) is 0 Å². The molecular formula is C22H31NO. The van der Waals surface area contributed by atoms with E-state index in [1.54, 1.807) is 0 Å². The topological polar surface area (TPSA) is 23.5 Å². The third-order valence-corrected chi connectivity index (χ3v) is 4.64. The molecule has 0 saturated heterocycles.